The minimum Gasteiger partial charge on any atom is -0.497 e. The number of esters is 1. The molecule has 9 nitrogen and oxygen atoms in total. The van der Waals surface area contributed by atoms with E-state index in [1.165, 1.54) is 18.4 Å². The number of hydrogen-bond acceptors (Lipinski definition) is 7. The van der Waals surface area contributed by atoms with Crippen LogP contribution in [0, 0.1) is 0 Å². The first-order valence-electron chi connectivity index (χ1n) is 10.1. The van der Waals surface area contributed by atoms with E-state index in [0.717, 1.165) is 10.6 Å². The Labute approximate surface area is 198 Å². The summed E-state index contributed by atoms with van der Waals surface area (Å²) >= 11 is 1.43. The Bertz CT molecular complexity index is 1280. The van der Waals surface area contributed by atoms with E-state index < -0.39 is 24.4 Å². The number of aromatic nitrogens is 2. The van der Waals surface area contributed by atoms with Gasteiger partial charge in [0.1, 0.15) is 17.0 Å². The quantitative estimate of drug-likeness (QED) is 0.313. The first-order chi connectivity index (χ1) is 16.5. The summed E-state index contributed by atoms with van der Waals surface area (Å²) in [6, 6.07) is 19.4. The van der Waals surface area contributed by atoms with Crippen LogP contribution in [-0.4, -0.2) is 41.3 Å². The van der Waals surface area contributed by atoms with E-state index in [9.17, 15) is 14.4 Å². The highest BCUT2D eigenvalue weighted by molar-refractivity contribution is 7.13. The van der Waals surface area contributed by atoms with Gasteiger partial charge in [-0.3, -0.25) is 20.4 Å². The lowest BCUT2D eigenvalue weighted by molar-refractivity contribution is -0.125. The van der Waals surface area contributed by atoms with Crippen molar-refractivity contribution in [1.82, 2.24) is 20.6 Å². The highest BCUT2D eigenvalue weighted by Crippen LogP contribution is 2.28. The van der Waals surface area contributed by atoms with Gasteiger partial charge < -0.3 is 9.47 Å². The lowest BCUT2D eigenvalue weighted by atomic mass is 10.2. The van der Waals surface area contributed by atoms with Gasteiger partial charge in [-0.2, -0.15) is 5.10 Å². The van der Waals surface area contributed by atoms with Crippen molar-refractivity contribution in [2.24, 2.45) is 0 Å². The normalized spacial score (nSPS) is 10.4. The van der Waals surface area contributed by atoms with Crippen molar-refractivity contribution >= 4 is 29.1 Å². The molecule has 0 atom stereocenters. The molecule has 0 saturated carbocycles. The molecular weight excluding hydrogens is 456 g/mol. The molecule has 0 saturated heterocycles. The molecule has 0 aliphatic rings. The summed E-state index contributed by atoms with van der Waals surface area (Å²) in [7, 11) is 1.52. The fourth-order valence-corrected chi connectivity index (χ4v) is 3.74. The summed E-state index contributed by atoms with van der Waals surface area (Å²) in [5, 5.41) is 6.42. The third-order valence-electron chi connectivity index (χ3n) is 4.71. The molecule has 2 amide bonds. The third kappa shape index (κ3) is 5.30. The van der Waals surface area contributed by atoms with Gasteiger partial charge in [-0.1, -0.05) is 24.3 Å². The number of carbonyl (C=O) groups is 3. The number of methoxy groups -OCH3 is 1. The minimum atomic E-state index is -0.706. The van der Waals surface area contributed by atoms with Gasteiger partial charge in [0.2, 0.25) is 0 Å². The maximum Gasteiger partial charge on any atom is 0.342 e. The molecular formula is C24H20N4O5S. The number of para-hydroxylation sites is 1. The number of benzene rings is 2. The van der Waals surface area contributed by atoms with Crippen molar-refractivity contribution in [2.45, 2.75) is 0 Å². The van der Waals surface area contributed by atoms with Crippen LogP contribution < -0.4 is 15.6 Å². The summed E-state index contributed by atoms with van der Waals surface area (Å²) in [5.74, 6) is -1.32. The summed E-state index contributed by atoms with van der Waals surface area (Å²) in [6.45, 7) is -0.581. The van der Waals surface area contributed by atoms with E-state index in [1.54, 1.807) is 35.1 Å². The van der Waals surface area contributed by atoms with Crippen molar-refractivity contribution in [2.75, 3.05) is 13.7 Å². The number of carbonyl (C=O) groups excluding carboxylic acids is 3. The number of ether oxygens (including phenoxy) is 2. The van der Waals surface area contributed by atoms with Gasteiger partial charge in [0, 0.05) is 11.8 Å². The standard InChI is InChI=1S/C24H20N4O5S/c1-32-18-11-9-16(10-12-18)23(30)26-25-21(29)15-33-24(31)19-14-28(17-6-3-2-4-7-17)27-22(19)20-8-5-13-34-20/h2-14H,15H2,1H3,(H,25,29)(H,26,30). The van der Waals surface area contributed by atoms with Gasteiger partial charge in [-0.05, 0) is 47.8 Å². The molecule has 0 radical (unpaired) electrons. The van der Waals surface area contributed by atoms with Crippen molar-refractivity contribution in [1.29, 1.82) is 0 Å². The second kappa shape index (κ2) is 10.5. The number of nitrogens with one attached hydrogen (secondary N) is 2. The Hall–Kier alpha value is -4.44. The predicted octanol–water partition coefficient (Wildman–Crippen LogP) is 3.23. The fourth-order valence-electron chi connectivity index (χ4n) is 3.02. The molecule has 2 aromatic heterocycles. The third-order valence-corrected chi connectivity index (χ3v) is 5.59. The fraction of sp³-hybridized carbons (Fsp3) is 0.0833. The van der Waals surface area contributed by atoms with Crippen LogP contribution in [0.15, 0.2) is 78.3 Å². The van der Waals surface area contributed by atoms with Crippen LogP contribution in [0.2, 0.25) is 0 Å². The maximum absolute atomic E-state index is 12.8. The molecule has 2 heterocycles. The number of rotatable bonds is 7. The molecule has 0 spiro atoms. The second-order valence-corrected chi connectivity index (χ2v) is 7.90. The molecule has 4 rings (SSSR count). The van der Waals surface area contributed by atoms with E-state index in [1.807, 2.05) is 47.8 Å². The van der Waals surface area contributed by atoms with Gasteiger partial charge in [-0.15, -0.1) is 11.3 Å². The van der Waals surface area contributed by atoms with Crippen LogP contribution in [0.25, 0.3) is 16.3 Å². The summed E-state index contributed by atoms with van der Waals surface area (Å²) in [6.07, 6.45) is 1.57. The lowest BCUT2D eigenvalue weighted by Crippen LogP contribution is -2.43. The summed E-state index contributed by atoms with van der Waals surface area (Å²) < 4.78 is 11.8. The number of thiophene rings is 1. The van der Waals surface area contributed by atoms with Gasteiger partial charge in [-0.25, -0.2) is 9.48 Å². The Morgan fingerprint density at radius 2 is 1.74 bits per heavy atom. The van der Waals surface area contributed by atoms with Crippen LogP contribution in [0.1, 0.15) is 20.7 Å². The van der Waals surface area contributed by atoms with Gasteiger partial charge in [0.15, 0.2) is 6.61 Å². The monoisotopic (exact) mass is 476 g/mol. The first kappa shape index (κ1) is 22.7. The lowest BCUT2D eigenvalue weighted by Gasteiger charge is -2.08. The molecule has 10 heteroatoms. The number of nitrogens with zero attached hydrogens (tertiary/aromatic N) is 2. The van der Waals surface area contributed by atoms with Gasteiger partial charge in [0.05, 0.1) is 17.7 Å². The zero-order valence-corrected chi connectivity index (χ0v) is 18.9. The summed E-state index contributed by atoms with van der Waals surface area (Å²) in [5.41, 5.74) is 6.28. The Morgan fingerprint density at radius 3 is 2.41 bits per heavy atom. The van der Waals surface area contributed by atoms with Crippen molar-refractivity contribution in [3.63, 3.8) is 0 Å². The zero-order chi connectivity index (χ0) is 23.9. The molecule has 0 aliphatic carbocycles. The molecule has 0 bridgehead atoms. The molecule has 0 fully saturated rings. The molecule has 4 aromatic rings. The van der Waals surface area contributed by atoms with E-state index in [-0.39, 0.29) is 5.56 Å². The van der Waals surface area contributed by atoms with Crippen LogP contribution in [0.5, 0.6) is 5.75 Å². The van der Waals surface area contributed by atoms with E-state index in [2.05, 4.69) is 16.0 Å². The van der Waals surface area contributed by atoms with Gasteiger partial charge in [0.25, 0.3) is 11.8 Å². The smallest absolute Gasteiger partial charge is 0.342 e. The van der Waals surface area contributed by atoms with Crippen LogP contribution in [0.4, 0.5) is 0 Å². The van der Waals surface area contributed by atoms with Crippen molar-refractivity contribution < 1.29 is 23.9 Å². The van der Waals surface area contributed by atoms with E-state index >= 15 is 0 Å². The Kier molecular flexibility index (Phi) is 6.99. The van der Waals surface area contributed by atoms with Crippen LogP contribution in [0.3, 0.4) is 0 Å². The first-order valence-corrected chi connectivity index (χ1v) is 11.0. The molecule has 0 aliphatic heterocycles. The average Bonchev–Trinajstić information content (AvgIpc) is 3.57. The topological polar surface area (TPSA) is 112 Å². The van der Waals surface area contributed by atoms with E-state index in [0.29, 0.717) is 17.0 Å². The molecule has 172 valence electrons. The SMILES string of the molecule is COc1ccc(C(=O)NNC(=O)COC(=O)c2cn(-c3ccccc3)nc2-c2cccs2)cc1. The summed E-state index contributed by atoms with van der Waals surface area (Å²) in [4.78, 5) is 37.8. The van der Waals surface area contributed by atoms with Crippen LogP contribution >= 0.6 is 11.3 Å². The number of hydrazine groups is 1. The number of amides is 2. The van der Waals surface area contributed by atoms with Crippen molar-refractivity contribution in [3.8, 4) is 22.0 Å². The van der Waals surface area contributed by atoms with Gasteiger partial charge >= 0.3 is 5.97 Å². The zero-order valence-electron chi connectivity index (χ0n) is 18.1. The van der Waals surface area contributed by atoms with E-state index in [4.69, 9.17) is 9.47 Å². The molecule has 34 heavy (non-hydrogen) atoms. The highest BCUT2D eigenvalue weighted by atomic mass is 32.1. The predicted molar refractivity (Wildman–Crippen MR) is 126 cm³/mol. The average molecular weight is 477 g/mol. The Balaban J connectivity index is 1.39. The highest BCUT2D eigenvalue weighted by Gasteiger charge is 2.21. The van der Waals surface area contributed by atoms with Crippen molar-refractivity contribution in [3.05, 3.63) is 89.4 Å². The maximum atomic E-state index is 12.8. The second-order valence-electron chi connectivity index (χ2n) is 6.96. The largest absolute Gasteiger partial charge is 0.497 e. The molecule has 2 N–H and O–H groups in total. The Morgan fingerprint density at radius 1 is 0.971 bits per heavy atom. The minimum absolute atomic E-state index is 0.223. The number of hydrogen-bond donors (Lipinski definition) is 2. The van der Waals surface area contributed by atoms with Crippen LogP contribution in [-0.2, 0) is 9.53 Å². The molecule has 0 unspecified atom stereocenters. The molecule has 2 aromatic carbocycles.